The van der Waals surface area contributed by atoms with Crippen LogP contribution in [0.4, 0.5) is 0 Å². The molecule has 3 rings (SSSR count). The molecule has 28 heavy (non-hydrogen) atoms. The standard InChI is InChI=1S/C21H30N2O5/c1-22-19(24)12-15-6-11-28-21(14-15)7-9-23(10-8-21)20(25)17-5-4-16(26-2)13-18(17)27-3/h4-5,13,15H,6-12,14H2,1-3H3,(H,22,24). The van der Waals surface area contributed by atoms with Crippen LogP contribution in [0.1, 0.15) is 42.5 Å². The first-order valence-corrected chi connectivity index (χ1v) is 9.86. The Kier molecular flexibility index (Phi) is 6.44. The summed E-state index contributed by atoms with van der Waals surface area (Å²) in [5, 5.41) is 2.71. The number of rotatable bonds is 5. The van der Waals surface area contributed by atoms with Crippen molar-refractivity contribution in [3.05, 3.63) is 23.8 Å². The van der Waals surface area contributed by atoms with Crippen LogP contribution in [0.15, 0.2) is 18.2 Å². The number of likely N-dealkylation sites (tertiary alicyclic amines) is 1. The molecule has 0 radical (unpaired) electrons. The monoisotopic (exact) mass is 390 g/mol. The largest absolute Gasteiger partial charge is 0.497 e. The first-order chi connectivity index (χ1) is 13.5. The van der Waals surface area contributed by atoms with Gasteiger partial charge in [0.05, 0.1) is 25.4 Å². The summed E-state index contributed by atoms with van der Waals surface area (Å²) in [5.74, 6) is 1.57. The van der Waals surface area contributed by atoms with Crippen LogP contribution < -0.4 is 14.8 Å². The van der Waals surface area contributed by atoms with Gasteiger partial charge in [0.2, 0.25) is 5.91 Å². The molecule has 1 spiro atoms. The highest BCUT2D eigenvalue weighted by Crippen LogP contribution is 2.39. The van der Waals surface area contributed by atoms with Crippen molar-refractivity contribution >= 4 is 11.8 Å². The summed E-state index contributed by atoms with van der Waals surface area (Å²) in [6, 6.07) is 5.25. The molecule has 154 valence electrons. The molecule has 1 aromatic rings. The number of nitrogens with one attached hydrogen (secondary N) is 1. The van der Waals surface area contributed by atoms with Gasteiger partial charge in [-0.3, -0.25) is 9.59 Å². The molecule has 0 saturated carbocycles. The zero-order valence-electron chi connectivity index (χ0n) is 17.0. The van der Waals surface area contributed by atoms with Crippen LogP contribution in [0.2, 0.25) is 0 Å². The van der Waals surface area contributed by atoms with E-state index in [0.29, 0.717) is 49.1 Å². The number of piperidine rings is 1. The smallest absolute Gasteiger partial charge is 0.257 e. The van der Waals surface area contributed by atoms with E-state index in [1.54, 1.807) is 39.5 Å². The average Bonchev–Trinajstić information content (AvgIpc) is 2.73. The number of hydrogen-bond acceptors (Lipinski definition) is 5. The van der Waals surface area contributed by atoms with E-state index >= 15 is 0 Å². The maximum absolute atomic E-state index is 13.0. The third kappa shape index (κ3) is 4.41. The minimum Gasteiger partial charge on any atom is -0.497 e. The van der Waals surface area contributed by atoms with Crippen LogP contribution in [0.25, 0.3) is 0 Å². The summed E-state index contributed by atoms with van der Waals surface area (Å²) in [7, 11) is 4.82. The highest BCUT2D eigenvalue weighted by Gasteiger charge is 2.41. The van der Waals surface area contributed by atoms with Crippen molar-refractivity contribution in [1.29, 1.82) is 0 Å². The molecule has 0 aliphatic carbocycles. The van der Waals surface area contributed by atoms with Crippen molar-refractivity contribution < 1.29 is 23.8 Å². The Bertz CT molecular complexity index is 713. The van der Waals surface area contributed by atoms with Crippen molar-refractivity contribution in [2.24, 2.45) is 5.92 Å². The number of methoxy groups -OCH3 is 2. The van der Waals surface area contributed by atoms with Gasteiger partial charge >= 0.3 is 0 Å². The van der Waals surface area contributed by atoms with E-state index in [9.17, 15) is 9.59 Å². The van der Waals surface area contributed by atoms with Crippen LogP contribution >= 0.6 is 0 Å². The van der Waals surface area contributed by atoms with Crippen LogP contribution in [-0.2, 0) is 9.53 Å². The van der Waals surface area contributed by atoms with Gasteiger partial charge < -0.3 is 24.4 Å². The number of carbonyl (C=O) groups excluding carboxylic acids is 2. The second kappa shape index (κ2) is 8.82. The van der Waals surface area contributed by atoms with Gasteiger partial charge in [-0.1, -0.05) is 0 Å². The lowest BCUT2D eigenvalue weighted by atomic mass is 9.78. The number of carbonyl (C=O) groups is 2. The van der Waals surface area contributed by atoms with Crippen molar-refractivity contribution in [1.82, 2.24) is 10.2 Å². The first-order valence-electron chi connectivity index (χ1n) is 9.86. The fourth-order valence-corrected chi connectivity index (χ4v) is 4.28. The summed E-state index contributed by atoms with van der Waals surface area (Å²) in [5.41, 5.74) is 0.332. The zero-order chi connectivity index (χ0) is 20.1. The molecule has 1 unspecified atom stereocenters. The third-order valence-electron chi connectivity index (χ3n) is 5.95. The Morgan fingerprint density at radius 1 is 1.25 bits per heavy atom. The number of nitrogens with zero attached hydrogens (tertiary/aromatic N) is 1. The Balaban J connectivity index is 1.63. The molecule has 1 aromatic carbocycles. The van der Waals surface area contributed by atoms with E-state index in [1.165, 1.54) is 0 Å². The predicted octanol–water partition coefficient (Wildman–Crippen LogP) is 2.24. The van der Waals surface area contributed by atoms with Crippen LogP contribution in [0.3, 0.4) is 0 Å². The quantitative estimate of drug-likeness (QED) is 0.834. The number of ether oxygens (including phenoxy) is 3. The van der Waals surface area contributed by atoms with Crippen molar-refractivity contribution in [3.63, 3.8) is 0 Å². The zero-order valence-corrected chi connectivity index (χ0v) is 17.0. The molecule has 2 aliphatic rings. The Morgan fingerprint density at radius 3 is 2.64 bits per heavy atom. The average molecular weight is 390 g/mol. The summed E-state index contributed by atoms with van der Waals surface area (Å²) in [6.07, 6.45) is 3.94. The molecule has 2 heterocycles. The topological polar surface area (TPSA) is 77.1 Å². The molecular weight excluding hydrogens is 360 g/mol. The first kappa shape index (κ1) is 20.5. The molecule has 7 nitrogen and oxygen atoms in total. The Hall–Kier alpha value is -2.28. The molecule has 0 aromatic heterocycles. The second-order valence-electron chi connectivity index (χ2n) is 7.63. The lowest BCUT2D eigenvalue weighted by Crippen LogP contribution is -2.51. The molecule has 1 atom stereocenters. The van der Waals surface area contributed by atoms with Gasteiger partial charge in [-0.15, -0.1) is 0 Å². The second-order valence-corrected chi connectivity index (χ2v) is 7.63. The minimum absolute atomic E-state index is 0.0351. The van der Waals surface area contributed by atoms with E-state index in [1.807, 2.05) is 4.90 Å². The van der Waals surface area contributed by atoms with Gasteiger partial charge in [-0.2, -0.15) is 0 Å². The van der Waals surface area contributed by atoms with E-state index in [-0.39, 0.29) is 17.4 Å². The Morgan fingerprint density at radius 2 is 2.00 bits per heavy atom. The van der Waals surface area contributed by atoms with Crippen molar-refractivity contribution in [2.75, 3.05) is 41.0 Å². The van der Waals surface area contributed by atoms with E-state index in [0.717, 1.165) is 25.7 Å². The number of benzene rings is 1. The van der Waals surface area contributed by atoms with Crippen molar-refractivity contribution in [2.45, 2.75) is 37.7 Å². The lowest BCUT2D eigenvalue weighted by molar-refractivity contribution is -0.133. The molecule has 2 saturated heterocycles. The number of amides is 2. The van der Waals surface area contributed by atoms with E-state index < -0.39 is 0 Å². The SMILES string of the molecule is CNC(=O)CC1CCOC2(CCN(C(=O)c3ccc(OC)cc3OC)CC2)C1. The van der Waals surface area contributed by atoms with Crippen LogP contribution in [0, 0.1) is 5.92 Å². The summed E-state index contributed by atoms with van der Waals surface area (Å²) >= 11 is 0. The van der Waals surface area contributed by atoms with Gasteiger partial charge in [-0.05, 0) is 43.7 Å². The minimum atomic E-state index is -0.211. The summed E-state index contributed by atoms with van der Waals surface area (Å²) in [6.45, 7) is 1.96. The molecule has 7 heteroatoms. The molecular formula is C21H30N2O5. The number of hydrogen-bond donors (Lipinski definition) is 1. The molecule has 2 amide bonds. The van der Waals surface area contributed by atoms with Gasteiger partial charge in [-0.25, -0.2) is 0 Å². The summed E-state index contributed by atoms with van der Waals surface area (Å²) in [4.78, 5) is 26.6. The maximum Gasteiger partial charge on any atom is 0.257 e. The fraction of sp³-hybridized carbons (Fsp3) is 0.619. The summed E-state index contributed by atoms with van der Waals surface area (Å²) < 4.78 is 16.7. The normalized spacial score (nSPS) is 21.2. The Labute approximate surface area is 166 Å². The fourth-order valence-electron chi connectivity index (χ4n) is 4.28. The molecule has 0 bridgehead atoms. The molecule has 2 aliphatic heterocycles. The molecule has 1 N–H and O–H groups in total. The third-order valence-corrected chi connectivity index (χ3v) is 5.95. The maximum atomic E-state index is 13.0. The van der Waals surface area contributed by atoms with Crippen LogP contribution in [-0.4, -0.2) is 63.3 Å². The van der Waals surface area contributed by atoms with Gasteiger partial charge in [0.15, 0.2) is 0 Å². The van der Waals surface area contributed by atoms with Gasteiger partial charge in [0.25, 0.3) is 5.91 Å². The molecule has 2 fully saturated rings. The van der Waals surface area contributed by atoms with Crippen LogP contribution in [0.5, 0.6) is 11.5 Å². The van der Waals surface area contributed by atoms with Gasteiger partial charge in [0.1, 0.15) is 11.5 Å². The lowest BCUT2D eigenvalue weighted by Gasteiger charge is -2.46. The van der Waals surface area contributed by atoms with Gasteiger partial charge in [0, 0.05) is 39.2 Å². The highest BCUT2D eigenvalue weighted by molar-refractivity contribution is 5.97. The predicted molar refractivity (Wildman–Crippen MR) is 105 cm³/mol. The highest BCUT2D eigenvalue weighted by atomic mass is 16.5. The van der Waals surface area contributed by atoms with Crippen molar-refractivity contribution in [3.8, 4) is 11.5 Å². The van der Waals surface area contributed by atoms with E-state index in [4.69, 9.17) is 14.2 Å². The van der Waals surface area contributed by atoms with E-state index in [2.05, 4.69) is 5.32 Å².